The van der Waals surface area contributed by atoms with Crippen LogP contribution in [0.25, 0.3) is 0 Å². The minimum absolute atomic E-state index is 0.0614. The van der Waals surface area contributed by atoms with Gasteiger partial charge in [-0.3, -0.25) is 4.79 Å². The molecule has 82 valence electrons. The van der Waals surface area contributed by atoms with E-state index in [4.69, 9.17) is 0 Å². The van der Waals surface area contributed by atoms with Gasteiger partial charge in [0.25, 0.3) is 5.91 Å². The Hall–Kier alpha value is -0.420. The van der Waals surface area contributed by atoms with Gasteiger partial charge in [0.1, 0.15) is 5.82 Å². The summed E-state index contributed by atoms with van der Waals surface area (Å²) in [5.41, 5.74) is 0.0614. The molecule has 2 nitrogen and oxygen atoms in total. The monoisotopic (exact) mass is 337 g/mol. The third kappa shape index (κ3) is 3.91. The Morgan fingerprint density at radius 3 is 2.80 bits per heavy atom. The number of hydrogen-bond acceptors (Lipinski definition) is 1. The molecular weight excluding hydrogens is 329 g/mol. The van der Waals surface area contributed by atoms with Gasteiger partial charge in [0.15, 0.2) is 0 Å². The Balaban J connectivity index is 2.74. The van der Waals surface area contributed by atoms with Crippen molar-refractivity contribution in [2.24, 2.45) is 0 Å². The molecule has 1 rings (SSSR count). The Morgan fingerprint density at radius 1 is 1.60 bits per heavy atom. The van der Waals surface area contributed by atoms with Crippen LogP contribution in [0.15, 0.2) is 22.7 Å². The van der Waals surface area contributed by atoms with Gasteiger partial charge >= 0.3 is 0 Å². The zero-order valence-corrected chi connectivity index (χ0v) is 11.2. The van der Waals surface area contributed by atoms with E-state index in [1.165, 1.54) is 12.1 Å². The van der Waals surface area contributed by atoms with Crippen LogP contribution in [0.2, 0.25) is 0 Å². The van der Waals surface area contributed by atoms with Gasteiger partial charge in [-0.05, 0) is 18.2 Å². The molecule has 5 heteroatoms. The molecule has 1 unspecified atom stereocenters. The normalized spacial score (nSPS) is 12.3. The highest BCUT2D eigenvalue weighted by Gasteiger charge is 2.11. The molecule has 0 heterocycles. The molecule has 0 saturated carbocycles. The first-order valence-electron chi connectivity index (χ1n) is 4.38. The lowest BCUT2D eigenvalue weighted by Gasteiger charge is -2.07. The van der Waals surface area contributed by atoms with E-state index in [0.29, 0.717) is 11.0 Å². The van der Waals surface area contributed by atoms with Crippen LogP contribution >= 0.6 is 31.9 Å². The van der Waals surface area contributed by atoms with Gasteiger partial charge < -0.3 is 5.32 Å². The maximum atomic E-state index is 13.3. The third-order valence-corrected chi connectivity index (χ3v) is 2.54. The molecule has 1 aromatic rings. The van der Waals surface area contributed by atoms with Crippen molar-refractivity contribution in [2.45, 2.75) is 11.8 Å². The van der Waals surface area contributed by atoms with Gasteiger partial charge in [0, 0.05) is 15.8 Å². The van der Waals surface area contributed by atoms with Crippen LogP contribution in [0.1, 0.15) is 17.3 Å². The minimum Gasteiger partial charge on any atom is -0.351 e. The number of carbonyl (C=O) groups excluding carboxylic acids is 1. The zero-order valence-electron chi connectivity index (χ0n) is 8.06. The molecule has 0 saturated heterocycles. The Labute approximate surface area is 105 Å². The van der Waals surface area contributed by atoms with Crippen molar-refractivity contribution in [2.75, 3.05) is 6.54 Å². The fourth-order valence-corrected chi connectivity index (χ4v) is 1.50. The van der Waals surface area contributed by atoms with Crippen LogP contribution in [0, 0.1) is 5.82 Å². The molecule has 1 amide bonds. The Kier molecular flexibility index (Phi) is 4.73. The molecule has 0 aliphatic heterocycles. The molecule has 0 aliphatic carbocycles. The summed E-state index contributed by atoms with van der Waals surface area (Å²) in [6.45, 7) is 2.37. The number of amides is 1. The number of carbonyl (C=O) groups is 1. The zero-order chi connectivity index (χ0) is 11.4. The maximum absolute atomic E-state index is 13.3. The quantitative estimate of drug-likeness (QED) is 0.843. The molecule has 0 spiro atoms. The smallest absolute Gasteiger partial charge is 0.254 e. The molecule has 1 aromatic carbocycles. The van der Waals surface area contributed by atoms with E-state index < -0.39 is 11.7 Å². The van der Waals surface area contributed by atoms with Crippen molar-refractivity contribution in [1.82, 2.24) is 5.32 Å². The van der Waals surface area contributed by atoms with Crippen molar-refractivity contribution in [3.8, 4) is 0 Å². The van der Waals surface area contributed by atoms with Crippen LogP contribution in [-0.4, -0.2) is 17.3 Å². The second-order valence-electron chi connectivity index (χ2n) is 3.11. The predicted molar refractivity (Wildman–Crippen MR) is 64.8 cm³/mol. The molecule has 0 aromatic heterocycles. The number of halogens is 3. The van der Waals surface area contributed by atoms with E-state index in [1.807, 2.05) is 6.92 Å². The number of benzene rings is 1. The van der Waals surface area contributed by atoms with E-state index in [2.05, 4.69) is 37.2 Å². The fourth-order valence-electron chi connectivity index (χ4n) is 1.00. The maximum Gasteiger partial charge on any atom is 0.254 e. The molecule has 0 radical (unpaired) electrons. The number of hydrogen-bond donors (Lipinski definition) is 1. The van der Waals surface area contributed by atoms with Crippen LogP contribution in [0.4, 0.5) is 4.39 Å². The first-order valence-corrected chi connectivity index (χ1v) is 6.09. The molecule has 15 heavy (non-hydrogen) atoms. The lowest BCUT2D eigenvalue weighted by molar-refractivity contribution is 0.0950. The van der Waals surface area contributed by atoms with Gasteiger partial charge in [-0.1, -0.05) is 38.8 Å². The Bertz CT molecular complexity index is 368. The fraction of sp³-hybridized carbons (Fsp3) is 0.300. The number of alkyl halides is 1. The van der Waals surface area contributed by atoms with Crippen LogP contribution in [-0.2, 0) is 0 Å². The van der Waals surface area contributed by atoms with Crippen LogP contribution in [0.5, 0.6) is 0 Å². The molecule has 0 aliphatic rings. The summed E-state index contributed by atoms with van der Waals surface area (Å²) in [6.07, 6.45) is 0. The summed E-state index contributed by atoms with van der Waals surface area (Å²) in [4.78, 5) is 11.7. The second kappa shape index (κ2) is 5.61. The highest BCUT2D eigenvalue weighted by molar-refractivity contribution is 9.10. The first-order chi connectivity index (χ1) is 7.00. The SMILES string of the molecule is CC(Br)CNC(=O)c1ccc(Br)cc1F. The van der Waals surface area contributed by atoms with Gasteiger partial charge in [-0.25, -0.2) is 4.39 Å². The number of rotatable bonds is 3. The summed E-state index contributed by atoms with van der Waals surface area (Å²) in [5, 5.41) is 2.62. The highest BCUT2D eigenvalue weighted by Crippen LogP contribution is 2.15. The second-order valence-corrected chi connectivity index (χ2v) is 5.59. The molecule has 0 bridgehead atoms. The average Bonchev–Trinajstić information content (AvgIpc) is 2.14. The van der Waals surface area contributed by atoms with Crippen molar-refractivity contribution in [1.29, 1.82) is 0 Å². The lowest BCUT2D eigenvalue weighted by Crippen LogP contribution is -2.29. The van der Waals surface area contributed by atoms with Crippen molar-refractivity contribution in [3.05, 3.63) is 34.1 Å². The Morgan fingerprint density at radius 2 is 2.27 bits per heavy atom. The summed E-state index contributed by atoms with van der Waals surface area (Å²) < 4.78 is 13.9. The first kappa shape index (κ1) is 12.6. The van der Waals surface area contributed by atoms with Gasteiger partial charge in [-0.15, -0.1) is 0 Å². The summed E-state index contributed by atoms with van der Waals surface area (Å²) in [7, 11) is 0. The minimum atomic E-state index is -0.524. The standard InChI is InChI=1S/C10H10Br2FNO/c1-6(11)5-14-10(15)8-3-2-7(12)4-9(8)13/h2-4,6H,5H2,1H3,(H,14,15). The molecular formula is C10H10Br2FNO. The average molecular weight is 339 g/mol. The molecule has 1 atom stereocenters. The summed E-state index contributed by atoms with van der Waals surface area (Å²) in [5.74, 6) is -0.921. The third-order valence-electron chi connectivity index (χ3n) is 1.72. The van der Waals surface area contributed by atoms with Crippen LogP contribution in [0.3, 0.4) is 0 Å². The van der Waals surface area contributed by atoms with Crippen molar-refractivity contribution >= 4 is 37.8 Å². The highest BCUT2D eigenvalue weighted by atomic mass is 79.9. The lowest BCUT2D eigenvalue weighted by atomic mass is 10.2. The predicted octanol–water partition coefficient (Wildman–Crippen LogP) is 3.10. The van der Waals surface area contributed by atoms with E-state index in [1.54, 1.807) is 6.07 Å². The van der Waals surface area contributed by atoms with E-state index in [-0.39, 0.29) is 10.4 Å². The number of nitrogens with one attached hydrogen (secondary N) is 1. The van der Waals surface area contributed by atoms with Crippen molar-refractivity contribution in [3.63, 3.8) is 0 Å². The van der Waals surface area contributed by atoms with Gasteiger partial charge in [0.2, 0.25) is 0 Å². The molecule has 0 fully saturated rings. The van der Waals surface area contributed by atoms with Gasteiger partial charge in [-0.2, -0.15) is 0 Å². The summed E-state index contributed by atoms with van der Waals surface area (Å²) in [6, 6.07) is 4.36. The summed E-state index contributed by atoms with van der Waals surface area (Å²) >= 11 is 6.42. The largest absolute Gasteiger partial charge is 0.351 e. The van der Waals surface area contributed by atoms with E-state index in [0.717, 1.165) is 0 Å². The van der Waals surface area contributed by atoms with Crippen molar-refractivity contribution < 1.29 is 9.18 Å². The van der Waals surface area contributed by atoms with E-state index in [9.17, 15) is 9.18 Å². The van der Waals surface area contributed by atoms with E-state index >= 15 is 0 Å². The van der Waals surface area contributed by atoms with Gasteiger partial charge in [0.05, 0.1) is 5.56 Å². The topological polar surface area (TPSA) is 29.1 Å². The molecule has 1 N–H and O–H groups in total. The van der Waals surface area contributed by atoms with Crippen LogP contribution < -0.4 is 5.32 Å².